The summed E-state index contributed by atoms with van der Waals surface area (Å²) in [7, 11) is -2.19. The number of hydrogen-bond acceptors (Lipinski definition) is 5. The molecule has 0 saturated carbocycles. The van der Waals surface area contributed by atoms with Gasteiger partial charge in [-0.3, -0.25) is 0 Å². The summed E-state index contributed by atoms with van der Waals surface area (Å²) in [4.78, 5) is 3.74. The van der Waals surface area contributed by atoms with Crippen molar-refractivity contribution in [1.29, 1.82) is 0 Å². The molecule has 1 aromatic rings. The highest BCUT2D eigenvalue weighted by molar-refractivity contribution is 9.10. The van der Waals surface area contributed by atoms with Crippen molar-refractivity contribution in [1.82, 2.24) is 9.71 Å². The summed E-state index contributed by atoms with van der Waals surface area (Å²) in [5, 5.41) is 0. The molecule has 0 unspecified atom stereocenters. The van der Waals surface area contributed by atoms with Crippen LogP contribution in [0.2, 0.25) is 0 Å². The van der Waals surface area contributed by atoms with E-state index in [0.717, 1.165) is 0 Å². The van der Waals surface area contributed by atoms with E-state index < -0.39 is 15.6 Å². The number of nitrogens with zero attached hydrogens (tertiary/aromatic N) is 1. The minimum atomic E-state index is -3.70. The van der Waals surface area contributed by atoms with E-state index in [9.17, 15) is 8.42 Å². The van der Waals surface area contributed by atoms with Gasteiger partial charge < -0.3 is 10.5 Å². The molecule has 0 radical (unpaired) electrons. The molecule has 0 spiro atoms. The summed E-state index contributed by atoms with van der Waals surface area (Å²) in [6, 6.07) is 1.41. The third-order valence-electron chi connectivity index (χ3n) is 2.38. The second-order valence-corrected chi connectivity index (χ2v) is 6.98. The summed E-state index contributed by atoms with van der Waals surface area (Å²) in [6.07, 6.45) is 1.44. The molecule has 18 heavy (non-hydrogen) atoms. The van der Waals surface area contributed by atoms with Gasteiger partial charge in [-0.25, -0.2) is 18.1 Å². The lowest BCUT2D eigenvalue weighted by Gasteiger charge is -2.23. The van der Waals surface area contributed by atoms with Crippen LogP contribution in [0.1, 0.15) is 13.8 Å². The molecule has 8 heteroatoms. The van der Waals surface area contributed by atoms with Gasteiger partial charge in [0, 0.05) is 24.3 Å². The molecular weight excluding hydrogens is 322 g/mol. The molecule has 0 aromatic carbocycles. The van der Waals surface area contributed by atoms with Crippen molar-refractivity contribution >= 4 is 31.8 Å². The highest BCUT2D eigenvalue weighted by atomic mass is 79.9. The SMILES string of the molecule is COC(C)(C)CNS(=O)(=O)c1cc(Br)cnc1N. The van der Waals surface area contributed by atoms with Gasteiger partial charge in [0.2, 0.25) is 10.0 Å². The van der Waals surface area contributed by atoms with Crippen LogP contribution in [0.5, 0.6) is 0 Å². The number of aromatic nitrogens is 1. The van der Waals surface area contributed by atoms with E-state index in [2.05, 4.69) is 25.6 Å². The van der Waals surface area contributed by atoms with Gasteiger partial charge in [0.15, 0.2) is 0 Å². The first-order valence-electron chi connectivity index (χ1n) is 5.14. The smallest absolute Gasteiger partial charge is 0.244 e. The minimum Gasteiger partial charge on any atom is -0.383 e. The first-order chi connectivity index (χ1) is 8.18. The number of pyridine rings is 1. The maximum Gasteiger partial charge on any atom is 0.244 e. The number of halogens is 1. The molecular formula is C10H16BrN3O3S. The fourth-order valence-electron chi connectivity index (χ4n) is 1.07. The van der Waals surface area contributed by atoms with Gasteiger partial charge in [-0.15, -0.1) is 0 Å². The Kier molecular flexibility index (Phi) is 4.71. The van der Waals surface area contributed by atoms with Gasteiger partial charge in [-0.2, -0.15) is 0 Å². The van der Waals surface area contributed by atoms with Crippen molar-refractivity contribution in [3.8, 4) is 0 Å². The fraction of sp³-hybridized carbons (Fsp3) is 0.500. The summed E-state index contributed by atoms with van der Waals surface area (Å²) >= 11 is 3.16. The van der Waals surface area contributed by atoms with Crippen molar-refractivity contribution < 1.29 is 13.2 Å². The lowest BCUT2D eigenvalue weighted by molar-refractivity contribution is 0.0276. The summed E-state index contributed by atoms with van der Waals surface area (Å²) in [5.41, 5.74) is 4.97. The van der Waals surface area contributed by atoms with E-state index >= 15 is 0 Å². The largest absolute Gasteiger partial charge is 0.383 e. The summed E-state index contributed by atoms with van der Waals surface area (Å²) < 4.78 is 32.2. The quantitative estimate of drug-likeness (QED) is 0.839. The molecule has 0 aliphatic rings. The van der Waals surface area contributed by atoms with Crippen molar-refractivity contribution in [2.45, 2.75) is 24.3 Å². The van der Waals surface area contributed by atoms with E-state index in [1.807, 2.05) is 0 Å². The molecule has 0 atom stereocenters. The number of methoxy groups -OCH3 is 1. The molecule has 1 aromatic heterocycles. The zero-order valence-electron chi connectivity index (χ0n) is 10.4. The van der Waals surface area contributed by atoms with Gasteiger partial charge in [-0.1, -0.05) is 0 Å². The van der Waals surface area contributed by atoms with Gasteiger partial charge in [0.1, 0.15) is 10.7 Å². The molecule has 0 aliphatic carbocycles. The maximum atomic E-state index is 12.1. The van der Waals surface area contributed by atoms with Crippen molar-refractivity contribution in [2.24, 2.45) is 0 Å². The number of nitrogen functional groups attached to an aromatic ring is 1. The average Bonchev–Trinajstić information content (AvgIpc) is 2.30. The molecule has 1 heterocycles. The predicted octanol–water partition coefficient (Wildman–Crippen LogP) is 1.13. The van der Waals surface area contributed by atoms with Crippen LogP contribution in [0.25, 0.3) is 0 Å². The molecule has 102 valence electrons. The van der Waals surface area contributed by atoms with Crippen LogP contribution in [-0.2, 0) is 14.8 Å². The number of nitrogens with two attached hydrogens (primary N) is 1. The van der Waals surface area contributed by atoms with E-state index in [1.165, 1.54) is 19.4 Å². The van der Waals surface area contributed by atoms with Gasteiger partial charge in [0.25, 0.3) is 0 Å². The molecule has 0 aliphatic heterocycles. The molecule has 0 bridgehead atoms. The number of rotatable bonds is 5. The van der Waals surface area contributed by atoms with Gasteiger partial charge >= 0.3 is 0 Å². The van der Waals surface area contributed by atoms with E-state index in [0.29, 0.717) is 4.47 Å². The molecule has 3 N–H and O–H groups in total. The Balaban J connectivity index is 2.97. The number of ether oxygens (including phenoxy) is 1. The van der Waals surface area contributed by atoms with Crippen LogP contribution >= 0.6 is 15.9 Å². The lowest BCUT2D eigenvalue weighted by atomic mass is 10.1. The Bertz CT molecular complexity index is 531. The lowest BCUT2D eigenvalue weighted by Crippen LogP contribution is -2.39. The van der Waals surface area contributed by atoms with E-state index in [-0.39, 0.29) is 17.3 Å². The molecule has 0 amide bonds. The molecule has 1 rings (SSSR count). The van der Waals surface area contributed by atoms with Crippen LogP contribution < -0.4 is 10.5 Å². The normalized spacial score (nSPS) is 12.7. The maximum absolute atomic E-state index is 12.1. The van der Waals surface area contributed by atoms with E-state index in [4.69, 9.17) is 10.5 Å². The second kappa shape index (κ2) is 5.52. The first-order valence-corrected chi connectivity index (χ1v) is 7.41. The van der Waals surface area contributed by atoms with Crippen molar-refractivity contribution in [3.05, 3.63) is 16.7 Å². The number of sulfonamides is 1. The van der Waals surface area contributed by atoms with Crippen LogP contribution in [0, 0.1) is 0 Å². The number of anilines is 1. The predicted molar refractivity (Wildman–Crippen MR) is 72.6 cm³/mol. The highest BCUT2D eigenvalue weighted by Gasteiger charge is 2.23. The average molecular weight is 338 g/mol. The zero-order chi connectivity index (χ0) is 14.0. The number of nitrogens with one attached hydrogen (secondary N) is 1. The topological polar surface area (TPSA) is 94.3 Å². The Hall–Kier alpha value is -0.700. The summed E-state index contributed by atoms with van der Waals surface area (Å²) in [6.45, 7) is 3.69. The monoisotopic (exact) mass is 337 g/mol. The molecule has 0 saturated heterocycles. The highest BCUT2D eigenvalue weighted by Crippen LogP contribution is 2.20. The zero-order valence-corrected chi connectivity index (χ0v) is 12.8. The third-order valence-corrected chi connectivity index (χ3v) is 4.24. The van der Waals surface area contributed by atoms with Crippen LogP contribution in [0.15, 0.2) is 21.6 Å². The van der Waals surface area contributed by atoms with Crippen molar-refractivity contribution in [3.63, 3.8) is 0 Å². The van der Waals surface area contributed by atoms with E-state index in [1.54, 1.807) is 13.8 Å². The van der Waals surface area contributed by atoms with Crippen LogP contribution in [-0.4, -0.2) is 32.7 Å². The van der Waals surface area contributed by atoms with Crippen LogP contribution in [0.4, 0.5) is 5.82 Å². The third kappa shape index (κ3) is 3.91. The fourth-order valence-corrected chi connectivity index (χ4v) is 2.85. The minimum absolute atomic E-state index is 0.0408. The molecule has 6 nitrogen and oxygen atoms in total. The van der Waals surface area contributed by atoms with Crippen molar-refractivity contribution in [2.75, 3.05) is 19.4 Å². The summed E-state index contributed by atoms with van der Waals surface area (Å²) in [5.74, 6) is -0.0408. The van der Waals surface area contributed by atoms with Crippen LogP contribution in [0.3, 0.4) is 0 Å². The molecule has 0 fully saturated rings. The first kappa shape index (κ1) is 15.4. The van der Waals surface area contributed by atoms with Gasteiger partial charge in [0.05, 0.1) is 5.60 Å². The Morgan fingerprint density at radius 2 is 2.17 bits per heavy atom. The van der Waals surface area contributed by atoms with Gasteiger partial charge in [-0.05, 0) is 35.8 Å². The second-order valence-electron chi connectivity index (χ2n) is 4.33. The Morgan fingerprint density at radius 1 is 1.56 bits per heavy atom. The standard InChI is InChI=1S/C10H16BrN3O3S/c1-10(2,17-3)6-14-18(15,16)8-4-7(11)5-13-9(8)12/h4-5,14H,6H2,1-3H3,(H2,12,13). The Morgan fingerprint density at radius 3 is 2.72 bits per heavy atom. The number of hydrogen-bond donors (Lipinski definition) is 2. The Labute approximate surface area is 115 Å².